The molecule has 2 fully saturated rings. The Balaban J connectivity index is 1.20. The predicted octanol–water partition coefficient (Wildman–Crippen LogP) is 3.88. The van der Waals surface area contributed by atoms with Crippen molar-refractivity contribution < 1.29 is 14.4 Å². The van der Waals surface area contributed by atoms with Gasteiger partial charge in [-0.1, -0.05) is 6.07 Å². The van der Waals surface area contributed by atoms with E-state index in [2.05, 4.69) is 28.7 Å². The smallest absolute Gasteiger partial charge is 0.318 e. The molecule has 3 aliphatic rings. The molecule has 9 heteroatoms. The topological polar surface area (TPSA) is 76.2 Å². The summed E-state index contributed by atoms with van der Waals surface area (Å²) in [4.78, 5) is 48.9. The number of hydrogen-bond donors (Lipinski definition) is 1. The van der Waals surface area contributed by atoms with E-state index in [-0.39, 0.29) is 23.9 Å². The third-order valence-corrected chi connectivity index (χ3v) is 9.11. The number of carbonyl (C=O) groups is 3. The molecule has 4 amide bonds. The number of fused-ring (bicyclic) bond motifs is 1. The molecule has 0 radical (unpaired) electrons. The molecule has 0 spiro atoms. The molecule has 8 nitrogen and oxygen atoms in total. The minimum atomic E-state index is -0.380. The molecular formula is C29H39N5O3S. The van der Waals surface area contributed by atoms with Gasteiger partial charge in [-0.2, -0.15) is 0 Å². The van der Waals surface area contributed by atoms with Crippen LogP contribution in [0, 0.1) is 6.92 Å². The van der Waals surface area contributed by atoms with Crippen LogP contribution in [0.4, 0.5) is 10.5 Å². The number of carbonyl (C=O) groups excluding carboxylic acids is 3. The fourth-order valence-electron chi connectivity index (χ4n) is 5.85. The third kappa shape index (κ3) is 5.73. The number of nitrogens with zero attached hydrogens (tertiary/aromatic N) is 4. The number of likely N-dealkylation sites (tertiary alicyclic amines) is 1. The van der Waals surface area contributed by atoms with Crippen LogP contribution in [0.3, 0.4) is 0 Å². The van der Waals surface area contributed by atoms with Gasteiger partial charge in [0.25, 0.3) is 5.91 Å². The maximum Gasteiger partial charge on any atom is 0.318 e. The summed E-state index contributed by atoms with van der Waals surface area (Å²) >= 11 is 1.73. The average Bonchev–Trinajstić information content (AvgIpc) is 3.49. The Morgan fingerprint density at radius 3 is 2.68 bits per heavy atom. The van der Waals surface area contributed by atoms with Gasteiger partial charge >= 0.3 is 6.03 Å². The zero-order chi connectivity index (χ0) is 26.6. The van der Waals surface area contributed by atoms with Crippen molar-refractivity contribution in [2.24, 2.45) is 0 Å². The summed E-state index contributed by atoms with van der Waals surface area (Å²) in [6.07, 6.45) is 5.67. The highest BCUT2D eigenvalue weighted by Crippen LogP contribution is 2.32. The first-order valence-corrected chi connectivity index (χ1v) is 14.8. The number of nitrogens with one attached hydrogen (secondary N) is 1. The first-order valence-electron chi connectivity index (χ1n) is 13.9. The van der Waals surface area contributed by atoms with Crippen LogP contribution in [0.25, 0.3) is 0 Å². The fraction of sp³-hybridized carbons (Fsp3) is 0.552. The van der Waals surface area contributed by atoms with Crippen molar-refractivity contribution in [2.45, 2.75) is 58.0 Å². The lowest BCUT2D eigenvalue weighted by Crippen LogP contribution is -2.51. The molecule has 2 saturated heterocycles. The number of likely N-dealkylation sites (N-methyl/N-ethyl adjacent to an activating group) is 1. The number of rotatable bonds is 4. The minimum absolute atomic E-state index is 0.0309. The maximum atomic E-state index is 13.4. The van der Waals surface area contributed by atoms with E-state index < -0.39 is 0 Å². The number of thiophene rings is 1. The van der Waals surface area contributed by atoms with Crippen molar-refractivity contribution in [3.05, 3.63) is 51.2 Å². The van der Waals surface area contributed by atoms with E-state index >= 15 is 0 Å². The standard InChI is InChI=1S/C29H39N5O3S/c1-21-19-22(27(35)33-14-4-3-8-26-24(33)11-18-38-26)9-10-23(21)20-30-29(37)34-15-5-7-25(34)28(36)32-13-6-12-31(2)16-17-32/h9-11,18-19,25H,3-8,12-17,20H2,1-2H3,(H,30,37)/t25-/m1/s1. The molecule has 3 aliphatic heterocycles. The Morgan fingerprint density at radius 2 is 1.84 bits per heavy atom. The zero-order valence-corrected chi connectivity index (χ0v) is 23.4. The van der Waals surface area contributed by atoms with Gasteiger partial charge in [-0.25, -0.2) is 4.79 Å². The number of anilines is 1. The molecule has 0 bridgehead atoms. The van der Waals surface area contributed by atoms with Crippen LogP contribution in [-0.2, 0) is 17.8 Å². The van der Waals surface area contributed by atoms with Gasteiger partial charge in [0.05, 0.1) is 5.69 Å². The average molecular weight is 538 g/mol. The number of amides is 4. The number of hydrogen-bond acceptors (Lipinski definition) is 5. The van der Waals surface area contributed by atoms with Gasteiger partial charge in [-0.3, -0.25) is 9.59 Å². The normalized spacial score (nSPS) is 20.6. The molecule has 0 saturated carbocycles. The summed E-state index contributed by atoms with van der Waals surface area (Å²) in [6.45, 7) is 7.02. The molecule has 1 atom stereocenters. The van der Waals surface area contributed by atoms with E-state index in [4.69, 9.17) is 0 Å². The highest BCUT2D eigenvalue weighted by atomic mass is 32.1. The van der Waals surface area contributed by atoms with Crippen LogP contribution in [-0.4, -0.2) is 84.9 Å². The van der Waals surface area contributed by atoms with Crippen LogP contribution >= 0.6 is 11.3 Å². The van der Waals surface area contributed by atoms with Crippen LogP contribution in [0.2, 0.25) is 0 Å². The highest BCUT2D eigenvalue weighted by Gasteiger charge is 2.36. The minimum Gasteiger partial charge on any atom is -0.340 e. The van der Waals surface area contributed by atoms with Crippen molar-refractivity contribution in [2.75, 3.05) is 51.2 Å². The van der Waals surface area contributed by atoms with E-state index in [1.165, 1.54) is 4.88 Å². The Bertz CT molecular complexity index is 1180. The summed E-state index contributed by atoms with van der Waals surface area (Å²) in [5.41, 5.74) is 3.66. The van der Waals surface area contributed by atoms with Gasteiger partial charge < -0.3 is 24.9 Å². The van der Waals surface area contributed by atoms with E-state index in [0.29, 0.717) is 18.7 Å². The van der Waals surface area contributed by atoms with Gasteiger partial charge in [0, 0.05) is 49.7 Å². The highest BCUT2D eigenvalue weighted by molar-refractivity contribution is 7.10. The molecule has 1 aromatic heterocycles. The second-order valence-electron chi connectivity index (χ2n) is 10.8. The Kier molecular flexibility index (Phi) is 8.33. The predicted molar refractivity (Wildman–Crippen MR) is 151 cm³/mol. The van der Waals surface area contributed by atoms with E-state index in [0.717, 1.165) is 88.1 Å². The number of urea groups is 1. The van der Waals surface area contributed by atoms with Crippen LogP contribution in [0.15, 0.2) is 29.6 Å². The Morgan fingerprint density at radius 1 is 0.974 bits per heavy atom. The molecule has 5 rings (SSSR count). The van der Waals surface area contributed by atoms with Crippen LogP contribution in [0.5, 0.6) is 0 Å². The van der Waals surface area contributed by atoms with Crippen molar-refractivity contribution >= 4 is 34.9 Å². The van der Waals surface area contributed by atoms with E-state index in [9.17, 15) is 14.4 Å². The van der Waals surface area contributed by atoms with Crippen LogP contribution in [0.1, 0.15) is 58.5 Å². The van der Waals surface area contributed by atoms with Gasteiger partial charge in [0.2, 0.25) is 5.91 Å². The van der Waals surface area contributed by atoms with Crippen LogP contribution < -0.4 is 10.2 Å². The van der Waals surface area contributed by atoms with Crippen molar-refractivity contribution in [3.8, 4) is 0 Å². The quantitative estimate of drug-likeness (QED) is 0.642. The lowest BCUT2D eigenvalue weighted by molar-refractivity contribution is -0.135. The molecule has 2 aromatic rings. The number of aryl methyl sites for hydroxylation is 2. The Labute approximate surface area is 229 Å². The second kappa shape index (κ2) is 11.9. The molecular weight excluding hydrogens is 498 g/mol. The van der Waals surface area contributed by atoms with E-state index in [1.54, 1.807) is 16.2 Å². The van der Waals surface area contributed by atoms with Gasteiger partial charge in [-0.05, 0) is 93.7 Å². The molecule has 0 aliphatic carbocycles. The van der Waals surface area contributed by atoms with Gasteiger partial charge in [0.15, 0.2) is 0 Å². The maximum absolute atomic E-state index is 13.4. The fourth-order valence-corrected chi connectivity index (χ4v) is 6.77. The molecule has 38 heavy (non-hydrogen) atoms. The summed E-state index contributed by atoms with van der Waals surface area (Å²) in [7, 11) is 2.09. The molecule has 204 valence electrons. The molecule has 4 heterocycles. The lowest BCUT2D eigenvalue weighted by atomic mass is 10.0. The van der Waals surface area contributed by atoms with Gasteiger partial charge in [0.1, 0.15) is 6.04 Å². The summed E-state index contributed by atoms with van der Waals surface area (Å²) in [5, 5.41) is 5.10. The van der Waals surface area contributed by atoms with Crippen molar-refractivity contribution in [1.29, 1.82) is 0 Å². The van der Waals surface area contributed by atoms with E-state index in [1.807, 2.05) is 34.9 Å². The monoisotopic (exact) mass is 537 g/mol. The van der Waals surface area contributed by atoms with Crippen molar-refractivity contribution in [3.63, 3.8) is 0 Å². The first kappa shape index (κ1) is 26.7. The zero-order valence-electron chi connectivity index (χ0n) is 22.6. The molecule has 1 aromatic carbocycles. The summed E-state index contributed by atoms with van der Waals surface area (Å²) in [6, 6.07) is 7.22. The van der Waals surface area contributed by atoms with Gasteiger partial charge in [-0.15, -0.1) is 11.3 Å². The second-order valence-corrected chi connectivity index (χ2v) is 11.8. The largest absolute Gasteiger partial charge is 0.340 e. The summed E-state index contributed by atoms with van der Waals surface area (Å²) in [5.74, 6) is 0.109. The molecule has 1 N–H and O–H groups in total. The Hall–Kier alpha value is -2.91. The molecule has 0 unspecified atom stereocenters. The number of benzene rings is 1. The van der Waals surface area contributed by atoms with Crippen molar-refractivity contribution in [1.82, 2.24) is 20.0 Å². The SMILES string of the molecule is Cc1cc(C(=O)N2CCCCc3sccc32)ccc1CNC(=O)N1CCC[C@@H]1C(=O)N1CCCN(C)CC1. The lowest BCUT2D eigenvalue weighted by Gasteiger charge is -2.29. The third-order valence-electron chi connectivity index (χ3n) is 8.14. The first-order chi connectivity index (χ1) is 18.4. The summed E-state index contributed by atoms with van der Waals surface area (Å²) < 4.78 is 0.